The molecular formula is C13H24N2O2. The molecule has 0 radical (unpaired) electrons. The first-order valence-electron chi connectivity index (χ1n) is 6.60. The Bertz CT molecular complexity index is 295. The third kappa shape index (κ3) is 2.47. The zero-order valence-corrected chi connectivity index (χ0v) is 11.2. The molecular weight excluding hydrogens is 216 g/mol. The van der Waals surface area contributed by atoms with Gasteiger partial charge in [-0.05, 0) is 45.6 Å². The van der Waals surface area contributed by atoms with Gasteiger partial charge in [-0.1, -0.05) is 0 Å². The lowest BCUT2D eigenvalue weighted by molar-refractivity contribution is -0.148. The lowest BCUT2D eigenvalue weighted by atomic mass is 9.97. The molecule has 1 N–H and O–H groups in total. The first kappa shape index (κ1) is 12.8. The highest BCUT2D eigenvalue weighted by molar-refractivity contribution is 5.80. The summed E-state index contributed by atoms with van der Waals surface area (Å²) in [5.74, 6) is 0.753. The van der Waals surface area contributed by atoms with E-state index in [1.165, 1.54) is 32.9 Å². The molecule has 0 amide bonds. The second-order valence-corrected chi connectivity index (χ2v) is 5.65. The maximum atomic E-state index is 11.7. The summed E-state index contributed by atoms with van der Waals surface area (Å²) in [4.78, 5) is 14.3. The summed E-state index contributed by atoms with van der Waals surface area (Å²) in [7, 11) is 3.28. The number of hydrogen-bond donors (Lipinski definition) is 1. The number of fused-ring (bicyclic) bond motifs is 2. The van der Waals surface area contributed by atoms with Gasteiger partial charge in [0.05, 0.1) is 7.11 Å². The second-order valence-electron chi connectivity index (χ2n) is 5.65. The Labute approximate surface area is 104 Å². The van der Waals surface area contributed by atoms with Gasteiger partial charge in [-0.3, -0.25) is 4.79 Å². The first-order valence-corrected chi connectivity index (χ1v) is 6.60. The van der Waals surface area contributed by atoms with E-state index < -0.39 is 5.54 Å². The minimum Gasteiger partial charge on any atom is -0.468 e. The van der Waals surface area contributed by atoms with Crippen molar-refractivity contribution in [2.24, 2.45) is 5.92 Å². The van der Waals surface area contributed by atoms with Crippen molar-refractivity contribution < 1.29 is 9.53 Å². The molecule has 4 heteroatoms. The standard InChI is InChI=1S/C13H24N2O2/c1-13(14-2,12(16)17-3)6-7-15-9-10-4-5-11(15)8-10/h10-11,14H,4-9H2,1-3H3. The second kappa shape index (κ2) is 4.94. The van der Waals surface area contributed by atoms with Crippen LogP contribution in [0.5, 0.6) is 0 Å². The maximum Gasteiger partial charge on any atom is 0.325 e. The molecule has 0 aromatic heterocycles. The molecule has 1 aliphatic carbocycles. The molecule has 0 aromatic carbocycles. The minimum absolute atomic E-state index is 0.163. The molecule has 1 heterocycles. The molecule has 2 bridgehead atoms. The van der Waals surface area contributed by atoms with Gasteiger partial charge in [0, 0.05) is 19.1 Å². The van der Waals surface area contributed by atoms with Crippen molar-refractivity contribution in [3.8, 4) is 0 Å². The summed E-state index contributed by atoms with van der Waals surface area (Å²) in [5.41, 5.74) is -0.545. The Morgan fingerprint density at radius 3 is 2.76 bits per heavy atom. The molecule has 3 atom stereocenters. The Morgan fingerprint density at radius 2 is 2.29 bits per heavy atom. The molecule has 0 spiro atoms. The zero-order valence-electron chi connectivity index (χ0n) is 11.2. The van der Waals surface area contributed by atoms with Crippen LogP contribution in [0.3, 0.4) is 0 Å². The number of likely N-dealkylation sites (tertiary alicyclic amines) is 1. The summed E-state index contributed by atoms with van der Waals surface area (Å²) in [6, 6.07) is 0.777. The number of hydrogen-bond acceptors (Lipinski definition) is 4. The molecule has 1 saturated carbocycles. The van der Waals surface area contributed by atoms with Gasteiger partial charge < -0.3 is 15.0 Å². The maximum absolute atomic E-state index is 11.7. The van der Waals surface area contributed by atoms with Gasteiger partial charge in [-0.25, -0.2) is 0 Å². The monoisotopic (exact) mass is 240 g/mol. The lowest BCUT2D eigenvalue weighted by Gasteiger charge is -2.32. The summed E-state index contributed by atoms with van der Waals surface area (Å²) in [6.45, 7) is 4.15. The van der Waals surface area contributed by atoms with Crippen molar-refractivity contribution in [3.63, 3.8) is 0 Å². The van der Waals surface area contributed by atoms with Crippen LogP contribution in [-0.4, -0.2) is 49.7 Å². The van der Waals surface area contributed by atoms with Gasteiger partial charge in [0.2, 0.25) is 0 Å². The fourth-order valence-corrected chi connectivity index (χ4v) is 3.22. The third-order valence-electron chi connectivity index (χ3n) is 4.61. The van der Waals surface area contributed by atoms with E-state index in [-0.39, 0.29) is 5.97 Å². The van der Waals surface area contributed by atoms with Crippen LogP contribution in [0.25, 0.3) is 0 Å². The van der Waals surface area contributed by atoms with E-state index in [1.807, 2.05) is 14.0 Å². The van der Waals surface area contributed by atoms with Gasteiger partial charge in [0.25, 0.3) is 0 Å². The predicted molar refractivity (Wildman–Crippen MR) is 66.8 cm³/mol. The Kier molecular flexibility index (Phi) is 3.73. The largest absolute Gasteiger partial charge is 0.468 e. The molecule has 1 saturated heterocycles. The summed E-state index contributed by atoms with van der Waals surface area (Å²) in [5, 5.41) is 3.10. The third-order valence-corrected chi connectivity index (χ3v) is 4.61. The fourth-order valence-electron chi connectivity index (χ4n) is 3.22. The van der Waals surface area contributed by atoms with Crippen molar-refractivity contribution in [2.75, 3.05) is 27.2 Å². The smallest absolute Gasteiger partial charge is 0.325 e. The van der Waals surface area contributed by atoms with E-state index >= 15 is 0 Å². The van der Waals surface area contributed by atoms with Crippen LogP contribution in [0.2, 0.25) is 0 Å². The number of carbonyl (C=O) groups excluding carboxylic acids is 1. The highest BCUT2D eigenvalue weighted by Gasteiger charge is 2.39. The van der Waals surface area contributed by atoms with E-state index in [2.05, 4.69) is 10.2 Å². The molecule has 2 aliphatic rings. The van der Waals surface area contributed by atoms with Crippen LogP contribution in [0.1, 0.15) is 32.6 Å². The summed E-state index contributed by atoms with van der Waals surface area (Å²) in [6.07, 6.45) is 4.94. The summed E-state index contributed by atoms with van der Waals surface area (Å²) >= 11 is 0. The van der Waals surface area contributed by atoms with Gasteiger partial charge in [0.15, 0.2) is 0 Å². The highest BCUT2D eigenvalue weighted by atomic mass is 16.5. The molecule has 2 fully saturated rings. The van der Waals surface area contributed by atoms with Crippen LogP contribution in [-0.2, 0) is 9.53 Å². The quantitative estimate of drug-likeness (QED) is 0.728. The van der Waals surface area contributed by atoms with Crippen molar-refractivity contribution >= 4 is 5.97 Å². The van der Waals surface area contributed by atoms with Gasteiger partial charge in [0.1, 0.15) is 5.54 Å². The van der Waals surface area contributed by atoms with Crippen LogP contribution in [0.4, 0.5) is 0 Å². The SMILES string of the molecule is CNC(C)(CCN1CC2CCC1C2)C(=O)OC. The average Bonchev–Trinajstić information content (AvgIpc) is 2.97. The Morgan fingerprint density at radius 1 is 1.53 bits per heavy atom. The van der Waals surface area contributed by atoms with E-state index in [1.54, 1.807) is 0 Å². The average molecular weight is 240 g/mol. The van der Waals surface area contributed by atoms with Crippen molar-refractivity contribution in [1.82, 2.24) is 10.2 Å². The number of piperidine rings is 1. The summed E-state index contributed by atoms with van der Waals surface area (Å²) < 4.78 is 4.86. The van der Waals surface area contributed by atoms with Crippen LogP contribution in [0.15, 0.2) is 0 Å². The fraction of sp³-hybridized carbons (Fsp3) is 0.923. The van der Waals surface area contributed by atoms with Gasteiger partial charge >= 0.3 is 5.97 Å². The molecule has 3 unspecified atom stereocenters. The van der Waals surface area contributed by atoms with Gasteiger partial charge in [-0.2, -0.15) is 0 Å². The molecule has 0 aromatic rings. The van der Waals surface area contributed by atoms with Crippen LogP contribution < -0.4 is 5.32 Å². The molecule has 1 aliphatic heterocycles. The van der Waals surface area contributed by atoms with Crippen LogP contribution in [0, 0.1) is 5.92 Å². The molecule has 17 heavy (non-hydrogen) atoms. The van der Waals surface area contributed by atoms with E-state index in [4.69, 9.17) is 4.74 Å². The number of rotatable bonds is 5. The molecule has 4 nitrogen and oxygen atoms in total. The number of nitrogens with one attached hydrogen (secondary N) is 1. The number of methoxy groups -OCH3 is 1. The highest BCUT2D eigenvalue weighted by Crippen LogP contribution is 2.37. The van der Waals surface area contributed by atoms with E-state index in [0.29, 0.717) is 0 Å². The minimum atomic E-state index is -0.545. The molecule has 2 rings (SSSR count). The predicted octanol–water partition coefficient (Wildman–Crippen LogP) is 1.01. The number of nitrogens with zero attached hydrogens (tertiary/aromatic N) is 1. The van der Waals surface area contributed by atoms with Crippen molar-refractivity contribution in [1.29, 1.82) is 0 Å². The Hall–Kier alpha value is -0.610. The van der Waals surface area contributed by atoms with E-state index in [9.17, 15) is 4.79 Å². The normalized spacial score (nSPS) is 31.5. The Balaban J connectivity index is 1.86. The van der Waals surface area contributed by atoms with Gasteiger partial charge in [-0.15, -0.1) is 0 Å². The zero-order chi connectivity index (χ0) is 12.5. The number of likely N-dealkylation sites (N-methyl/N-ethyl adjacent to an activating group) is 1. The number of carbonyl (C=O) groups is 1. The number of esters is 1. The van der Waals surface area contributed by atoms with Crippen LogP contribution >= 0.6 is 0 Å². The molecule has 98 valence electrons. The topological polar surface area (TPSA) is 41.6 Å². The number of ether oxygens (including phenoxy) is 1. The van der Waals surface area contributed by atoms with E-state index in [0.717, 1.165) is 24.9 Å². The van der Waals surface area contributed by atoms with Crippen molar-refractivity contribution in [3.05, 3.63) is 0 Å². The van der Waals surface area contributed by atoms with Crippen molar-refractivity contribution in [2.45, 2.75) is 44.2 Å². The first-order chi connectivity index (χ1) is 8.09. The lowest BCUT2D eigenvalue weighted by Crippen LogP contribution is -2.50.